The van der Waals surface area contributed by atoms with Gasteiger partial charge in [-0.15, -0.1) is 11.8 Å². The summed E-state index contributed by atoms with van der Waals surface area (Å²) >= 11 is 7.66. The number of carbonyl (C=O) groups is 2. The largest absolute Gasteiger partial charge is 0.369 e. The van der Waals surface area contributed by atoms with Crippen molar-refractivity contribution in [1.29, 1.82) is 0 Å². The van der Waals surface area contributed by atoms with Crippen LogP contribution in [0.5, 0.6) is 0 Å². The van der Waals surface area contributed by atoms with Crippen LogP contribution in [0.25, 0.3) is 0 Å². The Balaban J connectivity index is 1.45. The van der Waals surface area contributed by atoms with Crippen LogP contribution in [0.4, 0.5) is 11.4 Å². The van der Waals surface area contributed by atoms with Gasteiger partial charge in [0.2, 0.25) is 11.8 Å². The molecule has 30 heavy (non-hydrogen) atoms. The van der Waals surface area contributed by atoms with E-state index < -0.39 is 0 Å². The molecule has 2 aromatic carbocycles. The summed E-state index contributed by atoms with van der Waals surface area (Å²) in [6, 6.07) is 15.5. The van der Waals surface area contributed by atoms with Crippen molar-refractivity contribution in [3.8, 4) is 0 Å². The minimum atomic E-state index is -0.196. The highest BCUT2D eigenvalue weighted by atomic mass is 35.5. The number of carbonyl (C=O) groups excluding carboxylic acids is 2. The minimum Gasteiger partial charge on any atom is -0.369 e. The first-order chi connectivity index (χ1) is 14.5. The quantitative estimate of drug-likeness (QED) is 0.661. The van der Waals surface area contributed by atoms with Gasteiger partial charge in [-0.3, -0.25) is 14.5 Å². The number of hydrogen-bond acceptors (Lipinski definition) is 5. The Bertz CT molecular complexity index is 887. The lowest BCUT2D eigenvalue weighted by Gasteiger charge is -2.36. The third kappa shape index (κ3) is 6.14. The summed E-state index contributed by atoms with van der Waals surface area (Å²) in [5.41, 5.74) is 1.88. The van der Waals surface area contributed by atoms with Crippen molar-refractivity contribution in [1.82, 2.24) is 9.80 Å². The minimum absolute atomic E-state index is 0.0318. The Morgan fingerprint density at radius 2 is 1.83 bits per heavy atom. The fourth-order valence-corrected chi connectivity index (χ4v) is 4.13. The number of para-hydroxylation sites is 1. The zero-order valence-corrected chi connectivity index (χ0v) is 18.9. The van der Waals surface area contributed by atoms with Crippen LogP contribution in [0.2, 0.25) is 5.02 Å². The number of halogens is 1. The lowest BCUT2D eigenvalue weighted by Crippen LogP contribution is -2.50. The molecule has 8 heteroatoms. The van der Waals surface area contributed by atoms with Crippen molar-refractivity contribution in [3.05, 3.63) is 53.6 Å². The van der Waals surface area contributed by atoms with Gasteiger partial charge in [-0.1, -0.05) is 29.8 Å². The van der Waals surface area contributed by atoms with Gasteiger partial charge in [0.1, 0.15) is 0 Å². The molecule has 0 aromatic heterocycles. The Kier molecular flexibility index (Phi) is 8.01. The molecular formula is C22H27ClN4O2S. The lowest BCUT2D eigenvalue weighted by molar-refractivity contribution is -0.134. The maximum absolute atomic E-state index is 12.6. The second-order valence-corrected chi connectivity index (χ2v) is 8.53. The van der Waals surface area contributed by atoms with Crippen molar-refractivity contribution in [2.24, 2.45) is 0 Å². The molecule has 0 radical (unpaired) electrons. The predicted octanol–water partition coefficient (Wildman–Crippen LogP) is 3.28. The summed E-state index contributed by atoms with van der Waals surface area (Å²) in [4.78, 5) is 31.8. The molecule has 2 aromatic rings. The monoisotopic (exact) mass is 446 g/mol. The van der Waals surface area contributed by atoms with Crippen molar-refractivity contribution >= 4 is 46.6 Å². The van der Waals surface area contributed by atoms with Gasteiger partial charge in [0.25, 0.3) is 0 Å². The molecule has 0 aliphatic carbocycles. The highest BCUT2D eigenvalue weighted by molar-refractivity contribution is 7.98. The van der Waals surface area contributed by atoms with E-state index >= 15 is 0 Å². The number of amides is 2. The summed E-state index contributed by atoms with van der Waals surface area (Å²) in [6.45, 7) is 3.60. The fraction of sp³-hybridized carbons (Fsp3) is 0.364. The number of hydrogen-bond donors (Lipinski definition) is 1. The zero-order valence-electron chi connectivity index (χ0n) is 17.3. The maximum Gasteiger partial charge on any atom is 0.244 e. The van der Waals surface area contributed by atoms with E-state index in [1.165, 1.54) is 4.90 Å². The normalized spacial score (nSPS) is 14.4. The van der Waals surface area contributed by atoms with Crippen LogP contribution in [0.3, 0.4) is 0 Å². The average Bonchev–Trinajstić information content (AvgIpc) is 2.74. The van der Waals surface area contributed by atoms with E-state index in [9.17, 15) is 9.59 Å². The van der Waals surface area contributed by atoms with E-state index in [1.54, 1.807) is 18.8 Å². The number of nitrogens with one attached hydrogen (secondary N) is 1. The van der Waals surface area contributed by atoms with Crippen LogP contribution in [-0.2, 0) is 9.59 Å². The van der Waals surface area contributed by atoms with Crippen molar-refractivity contribution < 1.29 is 9.59 Å². The predicted molar refractivity (Wildman–Crippen MR) is 125 cm³/mol. The molecule has 1 N–H and O–H groups in total. The lowest BCUT2D eigenvalue weighted by atomic mass is 10.2. The first-order valence-corrected chi connectivity index (χ1v) is 11.5. The molecule has 2 amide bonds. The van der Waals surface area contributed by atoms with Crippen LogP contribution in [0, 0.1) is 0 Å². The maximum atomic E-state index is 12.6. The topological polar surface area (TPSA) is 55.9 Å². The standard InChI is InChI=1S/C22H27ClN4O2S/c1-25(15-21(28)24-19-8-3-4-9-20(19)30-2)22(29)16-26-10-12-27(13-11-26)18-7-5-6-17(23)14-18/h3-9,14H,10-13,15-16H2,1-2H3,(H,24,28). The highest BCUT2D eigenvalue weighted by Crippen LogP contribution is 2.24. The van der Waals surface area contributed by atoms with Crippen LogP contribution in [-0.4, -0.2) is 74.2 Å². The Labute approximate surface area is 187 Å². The molecule has 1 aliphatic heterocycles. The molecule has 1 aliphatic rings. The van der Waals surface area contributed by atoms with Gasteiger partial charge < -0.3 is 15.1 Å². The Hall–Kier alpha value is -2.22. The molecule has 0 atom stereocenters. The SMILES string of the molecule is CSc1ccccc1NC(=O)CN(C)C(=O)CN1CCN(c2cccc(Cl)c2)CC1. The Morgan fingerprint density at radius 1 is 1.10 bits per heavy atom. The molecule has 1 saturated heterocycles. The van der Waals surface area contributed by atoms with E-state index in [1.807, 2.05) is 54.8 Å². The first kappa shape index (κ1) is 22.5. The van der Waals surface area contributed by atoms with Gasteiger partial charge in [-0.2, -0.15) is 0 Å². The van der Waals surface area contributed by atoms with E-state index in [0.717, 1.165) is 47.5 Å². The first-order valence-electron chi connectivity index (χ1n) is 9.86. The number of benzene rings is 2. The molecule has 0 bridgehead atoms. The molecule has 1 heterocycles. The van der Waals surface area contributed by atoms with Crippen LogP contribution >= 0.6 is 23.4 Å². The Morgan fingerprint density at radius 3 is 2.53 bits per heavy atom. The third-order valence-electron chi connectivity index (χ3n) is 5.09. The van der Waals surface area contributed by atoms with E-state index in [2.05, 4.69) is 15.1 Å². The van der Waals surface area contributed by atoms with Gasteiger partial charge in [0, 0.05) is 48.8 Å². The number of nitrogens with zero attached hydrogens (tertiary/aromatic N) is 3. The van der Waals surface area contributed by atoms with Crippen LogP contribution < -0.4 is 10.2 Å². The summed E-state index contributed by atoms with van der Waals surface area (Å²) in [7, 11) is 1.67. The molecule has 3 rings (SSSR count). The van der Waals surface area contributed by atoms with Gasteiger partial charge in [0.05, 0.1) is 18.8 Å². The summed E-state index contributed by atoms with van der Waals surface area (Å²) in [5.74, 6) is -0.252. The number of likely N-dealkylation sites (N-methyl/N-ethyl adjacent to an activating group) is 1. The number of rotatable bonds is 7. The van der Waals surface area contributed by atoms with Crippen molar-refractivity contribution in [2.75, 3.05) is 62.8 Å². The van der Waals surface area contributed by atoms with Gasteiger partial charge >= 0.3 is 0 Å². The van der Waals surface area contributed by atoms with Crippen molar-refractivity contribution in [3.63, 3.8) is 0 Å². The molecule has 160 valence electrons. The summed E-state index contributed by atoms with van der Waals surface area (Å²) < 4.78 is 0. The summed E-state index contributed by atoms with van der Waals surface area (Å²) in [5, 5.41) is 3.62. The van der Waals surface area contributed by atoms with Crippen molar-refractivity contribution in [2.45, 2.75) is 4.90 Å². The molecular weight excluding hydrogens is 420 g/mol. The second kappa shape index (κ2) is 10.7. The molecule has 6 nitrogen and oxygen atoms in total. The third-order valence-corrected chi connectivity index (χ3v) is 6.12. The zero-order chi connectivity index (χ0) is 21.5. The second-order valence-electron chi connectivity index (χ2n) is 7.24. The smallest absolute Gasteiger partial charge is 0.244 e. The van der Waals surface area contributed by atoms with Gasteiger partial charge in [-0.05, 0) is 36.6 Å². The van der Waals surface area contributed by atoms with E-state index in [4.69, 9.17) is 11.6 Å². The number of anilines is 2. The van der Waals surface area contributed by atoms with Crippen LogP contribution in [0.1, 0.15) is 0 Å². The number of thioether (sulfide) groups is 1. The average molecular weight is 447 g/mol. The fourth-order valence-electron chi connectivity index (χ4n) is 3.39. The van der Waals surface area contributed by atoms with Crippen LogP contribution in [0.15, 0.2) is 53.4 Å². The van der Waals surface area contributed by atoms with Gasteiger partial charge in [0.15, 0.2) is 0 Å². The summed E-state index contributed by atoms with van der Waals surface area (Å²) in [6.07, 6.45) is 1.97. The van der Waals surface area contributed by atoms with Gasteiger partial charge in [-0.25, -0.2) is 0 Å². The van der Waals surface area contributed by atoms with E-state index in [-0.39, 0.29) is 18.4 Å². The molecule has 0 saturated carbocycles. The highest BCUT2D eigenvalue weighted by Gasteiger charge is 2.22. The molecule has 1 fully saturated rings. The number of piperazine rings is 1. The molecule has 0 unspecified atom stereocenters. The van der Waals surface area contributed by atoms with E-state index in [0.29, 0.717) is 6.54 Å². The molecule has 0 spiro atoms.